The van der Waals surface area contributed by atoms with Crippen LogP contribution in [0.5, 0.6) is 11.5 Å². The maximum absolute atomic E-state index is 13.3. The predicted octanol–water partition coefficient (Wildman–Crippen LogP) is 5.59. The highest BCUT2D eigenvalue weighted by atomic mass is 32.2. The van der Waals surface area contributed by atoms with E-state index in [1.54, 1.807) is 26.0 Å². The minimum Gasteiger partial charge on any atom is -0.495 e. The standard InChI is InChI=1S/C32H32N6O3S2/c1-40-27-14-8-6-12-25(27)36-16-18-37(19-17-36)31(39)24-21-42-30(33-24)22-43-32-35-34-29(20-23-10-4-3-5-11-23)38(32)26-13-7-9-15-28(26)41-2/h3-15,21H,16-20,22H2,1-2H3. The molecule has 6 rings (SSSR count). The highest BCUT2D eigenvalue weighted by molar-refractivity contribution is 7.98. The number of carbonyl (C=O) groups excluding carboxylic acids is 1. The molecule has 0 atom stereocenters. The van der Waals surface area contributed by atoms with Crippen LogP contribution in [0.1, 0.15) is 26.9 Å². The Bertz CT molecular complexity index is 1680. The molecule has 0 N–H and O–H groups in total. The van der Waals surface area contributed by atoms with Gasteiger partial charge in [0.25, 0.3) is 5.91 Å². The predicted molar refractivity (Wildman–Crippen MR) is 170 cm³/mol. The molecule has 1 fully saturated rings. The molecule has 1 amide bonds. The average Bonchev–Trinajstić information content (AvgIpc) is 3.71. The summed E-state index contributed by atoms with van der Waals surface area (Å²) in [5.74, 6) is 2.94. The van der Waals surface area contributed by atoms with Crippen molar-refractivity contribution in [3.05, 3.63) is 106 Å². The Hall–Kier alpha value is -4.35. The molecular formula is C32H32N6O3S2. The Balaban J connectivity index is 1.14. The van der Waals surface area contributed by atoms with Crippen molar-refractivity contribution in [2.45, 2.75) is 17.3 Å². The maximum atomic E-state index is 13.3. The third-order valence-electron chi connectivity index (χ3n) is 7.32. The van der Waals surface area contributed by atoms with Crippen molar-refractivity contribution in [1.29, 1.82) is 0 Å². The summed E-state index contributed by atoms with van der Waals surface area (Å²) in [6.07, 6.45) is 0.632. The van der Waals surface area contributed by atoms with Crippen LogP contribution in [0.4, 0.5) is 5.69 Å². The number of methoxy groups -OCH3 is 2. The zero-order valence-electron chi connectivity index (χ0n) is 24.1. The van der Waals surface area contributed by atoms with E-state index >= 15 is 0 Å². The van der Waals surface area contributed by atoms with Gasteiger partial charge in [-0.3, -0.25) is 9.36 Å². The lowest BCUT2D eigenvalue weighted by Crippen LogP contribution is -2.49. The topological polar surface area (TPSA) is 85.6 Å². The summed E-state index contributed by atoms with van der Waals surface area (Å²) in [6.45, 7) is 2.74. The molecular weight excluding hydrogens is 581 g/mol. The quantitative estimate of drug-likeness (QED) is 0.189. The van der Waals surface area contributed by atoms with Crippen molar-refractivity contribution in [3.8, 4) is 17.2 Å². The van der Waals surface area contributed by atoms with Crippen molar-refractivity contribution in [2.24, 2.45) is 0 Å². The van der Waals surface area contributed by atoms with Gasteiger partial charge in [-0.2, -0.15) is 0 Å². The van der Waals surface area contributed by atoms with Gasteiger partial charge in [0.2, 0.25) is 0 Å². The lowest BCUT2D eigenvalue weighted by Gasteiger charge is -2.36. The molecule has 5 aromatic rings. The number of para-hydroxylation sites is 4. The Labute approximate surface area is 259 Å². The Morgan fingerprint density at radius 2 is 1.49 bits per heavy atom. The minimum absolute atomic E-state index is 0.0329. The molecule has 1 saturated heterocycles. The summed E-state index contributed by atoms with van der Waals surface area (Å²) in [6, 6.07) is 26.1. The van der Waals surface area contributed by atoms with Gasteiger partial charge in [0.1, 0.15) is 28.0 Å². The van der Waals surface area contributed by atoms with Crippen molar-refractivity contribution in [1.82, 2.24) is 24.6 Å². The summed E-state index contributed by atoms with van der Waals surface area (Å²) < 4.78 is 13.3. The van der Waals surface area contributed by atoms with Crippen LogP contribution in [0.3, 0.4) is 0 Å². The molecule has 0 bridgehead atoms. The highest BCUT2D eigenvalue weighted by Gasteiger charge is 2.25. The average molecular weight is 613 g/mol. The SMILES string of the molecule is COc1ccccc1N1CCN(C(=O)c2csc(CSc3nnc(Cc4ccccc4)n3-c3ccccc3OC)n2)CC1. The molecule has 9 nitrogen and oxygen atoms in total. The van der Waals surface area contributed by atoms with Crippen LogP contribution >= 0.6 is 23.1 Å². The molecule has 1 aliphatic heterocycles. The number of thioether (sulfide) groups is 1. The van der Waals surface area contributed by atoms with Crippen molar-refractivity contribution in [2.75, 3.05) is 45.3 Å². The van der Waals surface area contributed by atoms with Crippen LogP contribution in [0.15, 0.2) is 89.4 Å². The summed E-state index contributed by atoms with van der Waals surface area (Å²) in [7, 11) is 3.35. The van der Waals surface area contributed by atoms with Crippen molar-refractivity contribution >= 4 is 34.7 Å². The zero-order valence-corrected chi connectivity index (χ0v) is 25.7. The van der Waals surface area contributed by atoms with Gasteiger partial charge in [-0.05, 0) is 29.8 Å². The van der Waals surface area contributed by atoms with Crippen LogP contribution < -0.4 is 14.4 Å². The number of nitrogens with zero attached hydrogens (tertiary/aromatic N) is 6. The number of carbonyl (C=O) groups is 1. The van der Waals surface area contributed by atoms with Crippen LogP contribution in [0.25, 0.3) is 5.69 Å². The van der Waals surface area contributed by atoms with Crippen LogP contribution in [-0.4, -0.2) is 71.0 Å². The zero-order chi connectivity index (χ0) is 29.6. The fourth-order valence-corrected chi connectivity index (χ4v) is 6.90. The molecule has 0 radical (unpaired) electrons. The number of piperazine rings is 1. The van der Waals surface area contributed by atoms with E-state index in [0.29, 0.717) is 31.0 Å². The van der Waals surface area contributed by atoms with Gasteiger partial charge in [-0.25, -0.2) is 4.98 Å². The van der Waals surface area contributed by atoms with E-state index < -0.39 is 0 Å². The molecule has 0 aliphatic carbocycles. The number of amides is 1. The molecule has 1 aliphatic rings. The minimum atomic E-state index is -0.0329. The molecule has 2 aromatic heterocycles. The molecule has 0 unspecified atom stereocenters. The van der Waals surface area contributed by atoms with E-state index in [4.69, 9.17) is 14.5 Å². The number of rotatable bonds is 10. The molecule has 0 spiro atoms. The Morgan fingerprint density at radius 1 is 0.837 bits per heavy atom. The van der Waals surface area contributed by atoms with Gasteiger partial charge in [-0.15, -0.1) is 21.5 Å². The van der Waals surface area contributed by atoms with Gasteiger partial charge in [-0.1, -0.05) is 66.4 Å². The number of hydrogen-bond donors (Lipinski definition) is 0. The smallest absolute Gasteiger partial charge is 0.273 e. The van der Waals surface area contributed by atoms with Gasteiger partial charge >= 0.3 is 0 Å². The second-order valence-corrected chi connectivity index (χ2v) is 11.8. The molecule has 220 valence electrons. The van der Waals surface area contributed by atoms with E-state index in [2.05, 4.69) is 37.9 Å². The third-order valence-corrected chi connectivity index (χ3v) is 9.29. The molecule has 3 aromatic carbocycles. The number of benzene rings is 3. The van der Waals surface area contributed by atoms with E-state index in [-0.39, 0.29) is 5.91 Å². The van der Waals surface area contributed by atoms with E-state index in [1.807, 2.05) is 70.9 Å². The van der Waals surface area contributed by atoms with Gasteiger partial charge in [0.15, 0.2) is 5.16 Å². The normalized spacial score (nSPS) is 13.3. The van der Waals surface area contributed by atoms with E-state index in [0.717, 1.165) is 57.5 Å². The van der Waals surface area contributed by atoms with E-state index in [9.17, 15) is 4.79 Å². The summed E-state index contributed by atoms with van der Waals surface area (Å²) in [4.78, 5) is 22.2. The Kier molecular flexibility index (Phi) is 8.90. The number of anilines is 1. The van der Waals surface area contributed by atoms with Crippen molar-refractivity contribution < 1.29 is 14.3 Å². The second-order valence-electron chi connectivity index (χ2n) is 9.93. The fraction of sp³-hybridized carbons (Fsp3) is 0.250. The molecule has 43 heavy (non-hydrogen) atoms. The number of thiazole rings is 1. The third kappa shape index (κ3) is 6.37. The van der Waals surface area contributed by atoms with Gasteiger partial charge in [0, 0.05) is 38.0 Å². The number of aromatic nitrogens is 4. The van der Waals surface area contributed by atoms with Crippen LogP contribution in [0.2, 0.25) is 0 Å². The number of hydrogen-bond acceptors (Lipinski definition) is 9. The largest absolute Gasteiger partial charge is 0.495 e. The fourth-order valence-electron chi connectivity index (χ4n) is 5.15. The first-order valence-corrected chi connectivity index (χ1v) is 15.9. The first kappa shape index (κ1) is 28.8. The number of ether oxygens (including phenoxy) is 2. The van der Waals surface area contributed by atoms with Gasteiger partial charge in [0.05, 0.1) is 31.3 Å². The molecule has 11 heteroatoms. The molecule has 0 saturated carbocycles. The summed E-state index contributed by atoms with van der Waals surface area (Å²) in [5.41, 5.74) is 3.57. The maximum Gasteiger partial charge on any atom is 0.273 e. The summed E-state index contributed by atoms with van der Waals surface area (Å²) >= 11 is 3.04. The monoisotopic (exact) mass is 612 g/mol. The van der Waals surface area contributed by atoms with Crippen LogP contribution in [-0.2, 0) is 12.2 Å². The van der Waals surface area contributed by atoms with E-state index in [1.165, 1.54) is 11.3 Å². The Morgan fingerprint density at radius 3 is 2.21 bits per heavy atom. The highest BCUT2D eigenvalue weighted by Crippen LogP contribution is 2.32. The van der Waals surface area contributed by atoms with Crippen molar-refractivity contribution in [3.63, 3.8) is 0 Å². The first-order chi connectivity index (χ1) is 21.1. The summed E-state index contributed by atoms with van der Waals surface area (Å²) in [5, 5.41) is 12.6. The lowest BCUT2D eigenvalue weighted by molar-refractivity contribution is 0.0741. The van der Waals surface area contributed by atoms with Gasteiger partial charge < -0.3 is 19.3 Å². The second kappa shape index (κ2) is 13.3. The first-order valence-electron chi connectivity index (χ1n) is 14.0. The lowest BCUT2D eigenvalue weighted by atomic mass is 10.1. The van der Waals surface area contributed by atoms with Crippen LogP contribution in [0, 0.1) is 0 Å². The molecule has 3 heterocycles.